The van der Waals surface area contributed by atoms with E-state index in [2.05, 4.69) is 5.32 Å². The lowest BCUT2D eigenvalue weighted by molar-refractivity contribution is -0.125. The van der Waals surface area contributed by atoms with Gasteiger partial charge in [-0.25, -0.2) is 12.8 Å². The smallest absolute Gasteiger partial charge is 0.293 e. The van der Waals surface area contributed by atoms with Crippen LogP contribution in [0.3, 0.4) is 0 Å². The molecule has 35 heavy (non-hydrogen) atoms. The van der Waals surface area contributed by atoms with Crippen LogP contribution in [0, 0.1) is 12.7 Å². The lowest BCUT2D eigenvalue weighted by Gasteiger charge is -2.24. The van der Waals surface area contributed by atoms with Crippen LogP contribution in [0.5, 0.6) is 0 Å². The molecule has 2 saturated heterocycles. The van der Waals surface area contributed by atoms with E-state index >= 15 is 0 Å². The number of carbonyl (C=O) groups excluding carboxylic acids is 3. The highest BCUT2D eigenvalue weighted by molar-refractivity contribution is 8.18. The normalized spacial score (nSPS) is 20.1. The fourth-order valence-corrected chi connectivity index (χ4v) is 6.57. The molecule has 8 nitrogen and oxygen atoms in total. The number of rotatable bonds is 7. The molecule has 0 radical (unpaired) electrons. The van der Waals surface area contributed by atoms with E-state index in [1.807, 2.05) is 31.2 Å². The predicted octanol–water partition coefficient (Wildman–Crippen LogP) is 3.14. The molecule has 2 aromatic carbocycles. The number of sulfonamides is 1. The average Bonchev–Trinajstić information content (AvgIpc) is 3.42. The summed E-state index contributed by atoms with van der Waals surface area (Å²) in [6, 6.07) is 11.6. The minimum Gasteiger partial charge on any atom is -0.353 e. The molecule has 2 aliphatic rings. The van der Waals surface area contributed by atoms with Crippen molar-refractivity contribution in [1.29, 1.82) is 0 Å². The summed E-state index contributed by atoms with van der Waals surface area (Å²) in [7, 11) is -4.19. The number of aryl methyl sites for hydroxylation is 1. The maximum Gasteiger partial charge on any atom is 0.293 e. The molecular weight excluding hydrogens is 493 g/mol. The Morgan fingerprint density at radius 2 is 1.89 bits per heavy atom. The molecule has 1 unspecified atom stereocenters. The van der Waals surface area contributed by atoms with E-state index in [4.69, 9.17) is 0 Å². The summed E-state index contributed by atoms with van der Waals surface area (Å²) >= 11 is 0.830. The van der Waals surface area contributed by atoms with Gasteiger partial charge in [-0.1, -0.05) is 42.0 Å². The molecule has 0 bridgehead atoms. The Morgan fingerprint density at radius 1 is 1.17 bits per heavy atom. The van der Waals surface area contributed by atoms with E-state index in [1.165, 1.54) is 18.2 Å². The Bertz CT molecular complexity index is 1290. The first-order valence-electron chi connectivity index (χ1n) is 11.0. The zero-order valence-electron chi connectivity index (χ0n) is 18.9. The van der Waals surface area contributed by atoms with Crippen molar-refractivity contribution >= 4 is 44.9 Å². The molecular formula is C24H24FN3O5S2. The molecule has 184 valence electrons. The number of nitrogens with zero attached hydrogens (tertiary/aromatic N) is 2. The standard InChI is InChI=1S/C24H24FN3O5S2/c1-16-8-10-17(11-9-16)15-20-23(30)27(24(31)34-20)14-12-26-22(29)19-6-4-13-28(19)35(32,33)21-7-3-2-5-18(21)25/h2-3,5,7-11,15,19H,4,6,12-14H2,1H3,(H,26,29). The lowest BCUT2D eigenvalue weighted by atomic mass is 10.1. The van der Waals surface area contributed by atoms with Gasteiger partial charge in [-0.05, 0) is 55.3 Å². The number of halogens is 1. The lowest BCUT2D eigenvalue weighted by Crippen LogP contribution is -2.47. The van der Waals surface area contributed by atoms with Gasteiger partial charge in [-0.3, -0.25) is 19.3 Å². The Labute approximate surface area is 207 Å². The number of hydrogen-bond donors (Lipinski definition) is 1. The van der Waals surface area contributed by atoms with Gasteiger partial charge in [0.15, 0.2) is 0 Å². The Kier molecular flexibility index (Phi) is 7.39. The Morgan fingerprint density at radius 3 is 2.60 bits per heavy atom. The second-order valence-electron chi connectivity index (χ2n) is 8.24. The number of carbonyl (C=O) groups is 3. The van der Waals surface area contributed by atoms with Gasteiger partial charge in [-0.15, -0.1) is 0 Å². The van der Waals surface area contributed by atoms with Crippen molar-refractivity contribution in [3.05, 3.63) is 70.4 Å². The van der Waals surface area contributed by atoms with E-state index < -0.39 is 43.8 Å². The maximum absolute atomic E-state index is 14.1. The second-order valence-corrected chi connectivity index (χ2v) is 11.1. The molecule has 0 saturated carbocycles. The van der Waals surface area contributed by atoms with Gasteiger partial charge in [0.1, 0.15) is 16.8 Å². The van der Waals surface area contributed by atoms with Crippen molar-refractivity contribution in [1.82, 2.24) is 14.5 Å². The van der Waals surface area contributed by atoms with Crippen LogP contribution in [0.2, 0.25) is 0 Å². The molecule has 0 spiro atoms. The summed E-state index contributed by atoms with van der Waals surface area (Å²) in [6.45, 7) is 1.97. The van der Waals surface area contributed by atoms with Crippen molar-refractivity contribution < 1.29 is 27.2 Å². The zero-order valence-corrected chi connectivity index (χ0v) is 20.6. The molecule has 2 aliphatic heterocycles. The first-order chi connectivity index (χ1) is 16.7. The number of imide groups is 1. The SMILES string of the molecule is Cc1ccc(C=C2SC(=O)N(CCNC(=O)C3CCCN3S(=O)(=O)c3ccccc3F)C2=O)cc1. The zero-order chi connectivity index (χ0) is 25.2. The minimum absolute atomic E-state index is 0.0290. The van der Waals surface area contributed by atoms with Gasteiger partial charge >= 0.3 is 0 Å². The van der Waals surface area contributed by atoms with Crippen molar-refractivity contribution in [3.63, 3.8) is 0 Å². The van der Waals surface area contributed by atoms with Gasteiger partial charge in [0.05, 0.1) is 4.91 Å². The summed E-state index contributed by atoms with van der Waals surface area (Å²) < 4.78 is 41.0. The third-order valence-electron chi connectivity index (χ3n) is 5.81. The summed E-state index contributed by atoms with van der Waals surface area (Å²) in [5, 5.41) is 2.18. The van der Waals surface area contributed by atoms with E-state index in [0.29, 0.717) is 17.7 Å². The molecule has 4 rings (SSSR count). The van der Waals surface area contributed by atoms with Gasteiger partial charge in [0.25, 0.3) is 11.1 Å². The van der Waals surface area contributed by atoms with E-state index in [-0.39, 0.29) is 19.6 Å². The van der Waals surface area contributed by atoms with Crippen molar-refractivity contribution in [2.24, 2.45) is 0 Å². The molecule has 2 aromatic rings. The number of amides is 3. The quantitative estimate of drug-likeness (QED) is 0.566. The fourth-order valence-electron chi connectivity index (χ4n) is 3.99. The van der Waals surface area contributed by atoms with Crippen LogP contribution in [0.1, 0.15) is 24.0 Å². The van der Waals surface area contributed by atoms with Crippen LogP contribution in [0.4, 0.5) is 9.18 Å². The van der Waals surface area contributed by atoms with Crippen LogP contribution >= 0.6 is 11.8 Å². The van der Waals surface area contributed by atoms with Gasteiger partial charge in [-0.2, -0.15) is 4.31 Å². The summed E-state index contributed by atoms with van der Waals surface area (Å²) in [5.74, 6) is -1.87. The van der Waals surface area contributed by atoms with E-state index in [9.17, 15) is 27.2 Å². The molecule has 0 aliphatic carbocycles. The average molecular weight is 518 g/mol. The summed E-state index contributed by atoms with van der Waals surface area (Å²) in [6.07, 6.45) is 2.39. The second kappa shape index (κ2) is 10.3. The Balaban J connectivity index is 1.37. The first kappa shape index (κ1) is 25.1. The van der Waals surface area contributed by atoms with Gasteiger partial charge in [0, 0.05) is 19.6 Å². The maximum atomic E-state index is 14.1. The molecule has 0 aromatic heterocycles. The molecule has 11 heteroatoms. The summed E-state index contributed by atoms with van der Waals surface area (Å²) in [4.78, 5) is 38.6. The number of thioether (sulfide) groups is 1. The van der Waals surface area contributed by atoms with E-state index in [0.717, 1.165) is 38.2 Å². The van der Waals surface area contributed by atoms with Crippen LogP contribution in [0.15, 0.2) is 58.3 Å². The molecule has 3 amide bonds. The highest BCUT2D eigenvalue weighted by Gasteiger charge is 2.40. The van der Waals surface area contributed by atoms with Crippen molar-refractivity contribution in [2.45, 2.75) is 30.7 Å². The predicted molar refractivity (Wildman–Crippen MR) is 130 cm³/mol. The van der Waals surface area contributed by atoms with Crippen molar-refractivity contribution in [2.75, 3.05) is 19.6 Å². The van der Waals surface area contributed by atoms with Crippen molar-refractivity contribution in [3.8, 4) is 0 Å². The Hall–Kier alpha value is -3.02. The molecule has 1 atom stereocenters. The van der Waals surface area contributed by atoms with Gasteiger partial charge in [0.2, 0.25) is 15.9 Å². The first-order valence-corrected chi connectivity index (χ1v) is 13.3. The minimum atomic E-state index is -4.19. The van der Waals surface area contributed by atoms with Crippen LogP contribution < -0.4 is 5.32 Å². The highest BCUT2D eigenvalue weighted by atomic mass is 32.2. The number of nitrogens with one attached hydrogen (secondary N) is 1. The third kappa shape index (κ3) is 5.31. The molecule has 2 heterocycles. The molecule has 1 N–H and O–H groups in total. The van der Waals surface area contributed by atoms with Gasteiger partial charge < -0.3 is 5.32 Å². The van der Waals surface area contributed by atoms with E-state index in [1.54, 1.807) is 6.08 Å². The number of hydrogen-bond acceptors (Lipinski definition) is 6. The monoisotopic (exact) mass is 517 g/mol. The van der Waals surface area contributed by atoms with Crippen LogP contribution in [-0.2, 0) is 19.6 Å². The number of benzene rings is 2. The fraction of sp³-hybridized carbons (Fsp3) is 0.292. The van der Waals surface area contributed by atoms with Crippen LogP contribution in [-0.4, -0.2) is 60.4 Å². The highest BCUT2D eigenvalue weighted by Crippen LogP contribution is 2.32. The molecule has 2 fully saturated rings. The third-order valence-corrected chi connectivity index (χ3v) is 8.66. The topological polar surface area (TPSA) is 104 Å². The summed E-state index contributed by atoms with van der Waals surface area (Å²) in [5.41, 5.74) is 1.88. The largest absolute Gasteiger partial charge is 0.353 e. The van der Waals surface area contributed by atoms with Crippen LogP contribution in [0.25, 0.3) is 6.08 Å².